The molecule has 2 aliphatic rings. The Bertz CT molecular complexity index is 275. The van der Waals surface area contributed by atoms with Crippen LogP contribution in [-0.2, 0) is 0 Å². The average Bonchev–Trinajstić information content (AvgIpc) is 2.35. The molecule has 0 aromatic rings. The van der Waals surface area contributed by atoms with E-state index in [-0.39, 0.29) is 18.2 Å². The van der Waals surface area contributed by atoms with E-state index in [1.54, 1.807) is 0 Å². The van der Waals surface area contributed by atoms with Gasteiger partial charge in [0.1, 0.15) is 0 Å². The van der Waals surface area contributed by atoms with E-state index < -0.39 is 0 Å². The van der Waals surface area contributed by atoms with E-state index in [2.05, 4.69) is 17.6 Å². The molecule has 2 saturated carbocycles. The van der Waals surface area contributed by atoms with Crippen LogP contribution in [0.2, 0.25) is 0 Å². The van der Waals surface area contributed by atoms with E-state index in [0.29, 0.717) is 6.04 Å². The molecular formula is C14H26N2O2. The van der Waals surface area contributed by atoms with Crippen LogP contribution in [0, 0.1) is 5.92 Å². The fraction of sp³-hybridized carbons (Fsp3) is 0.929. The van der Waals surface area contributed by atoms with Crippen molar-refractivity contribution < 1.29 is 9.90 Å². The summed E-state index contributed by atoms with van der Waals surface area (Å²) in [6, 6.07) is 0.170. The molecule has 0 radical (unpaired) electrons. The fourth-order valence-corrected chi connectivity index (χ4v) is 3.08. The first-order valence-electron chi connectivity index (χ1n) is 7.40. The van der Waals surface area contributed by atoms with Gasteiger partial charge in [-0.15, -0.1) is 0 Å². The monoisotopic (exact) mass is 254 g/mol. The highest BCUT2D eigenvalue weighted by atomic mass is 16.3. The molecule has 2 unspecified atom stereocenters. The molecule has 4 heteroatoms. The Morgan fingerprint density at radius 3 is 2.33 bits per heavy atom. The van der Waals surface area contributed by atoms with Crippen molar-refractivity contribution in [2.45, 2.75) is 76.5 Å². The molecule has 2 aliphatic carbocycles. The molecular weight excluding hydrogens is 228 g/mol. The van der Waals surface area contributed by atoms with Gasteiger partial charge in [-0.2, -0.15) is 0 Å². The van der Waals surface area contributed by atoms with Gasteiger partial charge in [0.05, 0.1) is 12.1 Å². The van der Waals surface area contributed by atoms with Gasteiger partial charge in [0.2, 0.25) is 0 Å². The molecule has 0 aromatic heterocycles. The van der Waals surface area contributed by atoms with E-state index in [9.17, 15) is 9.90 Å². The first-order valence-corrected chi connectivity index (χ1v) is 7.40. The number of hydrogen-bond acceptors (Lipinski definition) is 2. The molecule has 104 valence electrons. The van der Waals surface area contributed by atoms with Crippen LogP contribution < -0.4 is 10.6 Å². The molecule has 0 bridgehead atoms. The summed E-state index contributed by atoms with van der Waals surface area (Å²) in [6.07, 6.45) is 8.10. The fourth-order valence-electron chi connectivity index (χ4n) is 3.08. The molecule has 0 spiro atoms. The van der Waals surface area contributed by atoms with Gasteiger partial charge in [-0.3, -0.25) is 0 Å². The summed E-state index contributed by atoms with van der Waals surface area (Å²) < 4.78 is 0. The van der Waals surface area contributed by atoms with Crippen molar-refractivity contribution in [3.05, 3.63) is 0 Å². The van der Waals surface area contributed by atoms with Crippen LogP contribution in [0.25, 0.3) is 0 Å². The molecule has 3 N–H and O–H groups in total. The van der Waals surface area contributed by atoms with Crippen molar-refractivity contribution in [2.75, 3.05) is 0 Å². The number of hydrogen-bond donors (Lipinski definition) is 3. The van der Waals surface area contributed by atoms with E-state index in [1.807, 2.05) is 0 Å². The molecule has 2 amide bonds. The smallest absolute Gasteiger partial charge is 0.315 e. The van der Waals surface area contributed by atoms with E-state index >= 15 is 0 Å². The molecule has 0 aliphatic heterocycles. The van der Waals surface area contributed by atoms with Gasteiger partial charge < -0.3 is 15.7 Å². The maximum atomic E-state index is 11.9. The van der Waals surface area contributed by atoms with Crippen LogP contribution in [0.4, 0.5) is 4.79 Å². The third-order valence-electron chi connectivity index (χ3n) is 4.40. The average molecular weight is 254 g/mol. The van der Waals surface area contributed by atoms with Crippen molar-refractivity contribution in [3.8, 4) is 0 Å². The summed E-state index contributed by atoms with van der Waals surface area (Å²) in [6.45, 7) is 2.27. The summed E-state index contributed by atoms with van der Waals surface area (Å²) >= 11 is 0. The Labute approximate surface area is 110 Å². The second-order valence-electron chi connectivity index (χ2n) is 6.03. The number of rotatable bonds is 2. The second-order valence-corrected chi connectivity index (χ2v) is 6.03. The zero-order valence-electron chi connectivity index (χ0n) is 11.3. The Balaban J connectivity index is 1.71. The van der Waals surface area contributed by atoms with Gasteiger partial charge in [-0.1, -0.05) is 19.8 Å². The summed E-state index contributed by atoms with van der Waals surface area (Å²) in [7, 11) is 0. The molecule has 2 atom stereocenters. The molecule has 2 fully saturated rings. The van der Waals surface area contributed by atoms with Gasteiger partial charge in [-0.25, -0.2) is 4.79 Å². The quantitative estimate of drug-likeness (QED) is 0.707. The number of carbonyl (C=O) groups excluding carboxylic acids is 1. The van der Waals surface area contributed by atoms with E-state index in [4.69, 9.17) is 0 Å². The third-order valence-corrected chi connectivity index (χ3v) is 4.40. The van der Waals surface area contributed by atoms with Gasteiger partial charge in [0.15, 0.2) is 0 Å². The lowest BCUT2D eigenvalue weighted by molar-refractivity contribution is 0.0937. The van der Waals surface area contributed by atoms with Crippen LogP contribution in [0.15, 0.2) is 0 Å². The number of carbonyl (C=O) groups is 1. The van der Waals surface area contributed by atoms with Crippen molar-refractivity contribution >= 4 is 6.03 Å². The zero-order valence-corrected chi connectivity index (χ0v) is 11.3. The van der Waals surface area contributed by atoms with E-state index in [1.165, 1.54) is 12.8 Å². The third kappa shape index (κ3) is 3.87. The zero-order chi connectivity index (χ0) is 13.0. The normalized spacial score (nSPS) is 37.0. The minimum atomic E-state index is -0.365. The Morgan fingerprint density at radius 2 is 1.67 bits per heavy atom. The molecule has 0 aromatic carbocycles. The van der Waals surface area contributed by atoms with Gasteiger partial charge in [0, 0.05) is 6.04 Å². The first-order chi connectivity index (χ1) is 8.65. The number of nitrogens with one attached hydrogen (secondary N) is 2. The minimum Gasteiger partial charge on any atom is -0.391 e. The Kier molecular flexibility index (Phi) is 4.87. The second kappa shape index (κ2) is 6.41. The van der Waals surface area contributed by atoms with Crippen molar-refractivity contribution in [2.24, 2.45) is 5.92 Å². The summed E-state index contributed by atoms with van der Waals surface area (Å²) in [5, 5.41) is 15.8. The maximum Gasteiger partial charge on any atom is 0.315 e. The van der Waals surface area contributed by atoms with Crippen LogP contribution >= 0.6 is 0 Å². The summed E-state index contributed by atoms with van der Waals surface area (Å²) in [5.41, 5.74) is 0. The number of amides is 2. The molecule has 4 nitrogen and oxygen atoms in total. The number of urea groups is 1. The SMILES string of the molecule is CC1CCC(NC(=O)NC2CCCCC2O)CC1. The lowest BCUT2D eigenvalue weighted by atomic mass is 9.87. The Hall–Kier alpha value is -0.770. The van der Waals surface area contributed by atoms with Crippen molar-refractivity contribution in [1.29, 1.82) is 0 Å². The molecule has 18 heavy (non-hydrogen) atoms. The molecule has 0 heterocycles. The molecule has 2 rings (SSSR count). The number of aliphatic hydroxyl groups is 1. The first kappa shape index (κ1) is 13.7. The predicted molar refractivity (Wildman–Crippen MR) is 71.4 cm³/mol. The van der Waals surface area contributed by atoms with Crippen molar-refractivity contribution in [3.63, 3.8) is 0 Å². The highest BCUT2D eigenvalue weighted by Crippen LogP contribution is 2.23. The summed E-state index contributed by atoms with van der Waals surface area (Å²) in [4.78, 5) is 11.9. The lowest BCUT2D eigenvalue weighted by Gasteiger charge is -2.31. The Morgan fingerprint density at radius 1 is 1.00 bits per heavy atom. The van der Waals surface area contributed by atoms with Crippen molar-refractivity contribution in [1.82, 2.24) is 10.6 Å². The van der Waals surface area contributed by atoms with Crippen LogP contribution in [0.5, 0.6) is 0 Å². The predicted octanol–water partition coefficient (Wildman–Crippen LogP) is 2.17. The topological polar surface area (TPSA) is 61.4 Å². The largest absolute Gasteiger partial charge is 0.391 e. The standard InChI is InChI=1S/C14H26N2O2/c1-10-6-8-11(9-7-10)15-14(18)16-12-4-2-3-5-13(12)17/h10-13,17H,2-9H2,1H3,(H2,15,16,18). The van der Waals surface area contributed by atoms with Gasteiger partial charge in [0.25, 0.3) is 0 Å². The van der Waals surface area contributed by atoms with Crippen LogP contribution in [0.3, 0.4) is 0 Å². The van der Waals surface area contributed by atoms with Crippen LogP contribution in [-0.4, -0.2) is 29.3 Å². The van der Waals surface area contributed by atoms with Gasteiger partial charge in [-0.05, 0) is 44.4 Å². The number of aliphatic hydroxyl groups excluding tert-OH is 1. The highest BCUT2D eigenvalue weighted by molar-refractivity contribution is 5.74. The minimum absolute atomic E-state index is 0.0544. The molecule has 0 saturated heterocycles. The highest BCUT2D eigenvalue weighted by Gasteiger charge is 2.26. The van der Waals surface area contributed by atoms with Crippen LogP contribution in [0.1, 0.15) is 58.3 Å². The maximum absolute atomic E-state index is 11.9. The van der Waals surface area contributed by atoms with E-state index in [0.717, 1.165) is 44.4 Å². The summed E-state index contributed by atoms with van der Waals surface area (Å²) in [5.74, 6) is 0.797. The van der Waals surface area contributed by atoms with Gasteiger partial charge >= 0.3 is 6.03 Å². The lowest BCUT2D eigenvalue weighted by Crippen LogP contribution is -2.51.